The van der Waals surface area contributed by atoms with E-state index in [0.717, 1.165) is 18.9 Å². The summed E-state index contributed by atoms with van der Waals surface area (Å²) in [6, 6.07) is 9.46. The molecule has 20 heavy (non-hydrogen) atoms. The number of nitrogens with one attached hydrogen (secondary N) is 1. The molecule has 0 aromatic heterocycles. The molecular weight excluding hydrogens is 310 g/mol. The highest BCUT2D eigenvalue weighted by Gasteiger charge is 2.18. The fourth-order valence-corrected chi connectivity index (χ4v) is 3.70. The highest BCUT2D eigenvalue weighted by molar-refractivity contribution is 9.10. The Kier molecular flexibility index (Phi) is 7.09. The molecule has 1 atom stereocenters. The summed E-state index contributed by atoms with van der Waals surface area (Å²) in [6.45, 7) is 3.30. The first-order chi connectivity index (χ1) is 9.78. The molecular formula is C18H28BrN. The number of hydrogen-bond donors (Lipinski definition) is 1. The van der Waals surface area contributed by atoms with E-state index in [4.69, 9.17) is 0 Å². The van der Waals surface area contributed by atoms with Crippen LogP contribution in [0, 0.1) is 5.92 Å². The van der Waals surface area contributed by atoms with Gasteiger partial charge in [-0.25, -0.2) is 0 Å². The molecule has 2 heteroatoms. The molecule has 1 aromatic rings. The van der Waals surface area contributed by atoms with E-state index in [0.29, 0.717) is 6.04 Å². The van der Waals surface area contributed by atoms with Crippen molar-refractivity contribution in [3.05, 3.63) is 34.3 Å². The van der Waals surface area contributed by atoms with Gasteiger partial charge in [-0.2, -0.15) is 0 Å². The van der Waals surface area contributed by atoms with Gasteiger partial charge in [-0.05, 0) is 43.0 Å². The largest absolute Gasteiger partial charge is 0.314 e. The Morgan fingerprint density at radius 3 is 2.35 bits per heavy atom. The van der Waals surface area contributed by atoms with Gasteiger partial charge >= 0.3 is 0 Å². The van der Waals surface area contributed by atoms with Gasteiger partial charge in [0.05, 0.1) is 0 Å². The van der Waals surface area contributed by atoms with Crippen LogP contribution in [-0.4, -0.2) is 12.6 Å². The second kappa shape index (κ2) is 8.84. The van der Waals surface area contributed by atoms with E-state index in [2.05, 4.69) is 52.4 Å². The van der Waals surface area contributed by atoms with Gasteiger partial charge in [0.15, 0.2) is 0 Å². The van der Waals surface area contributed by atoms with Gasteiger partial charge in [0, 0.05) is 10.5 Å². The summed E-state index contributed by atoms with van der Waals surface area (Å²) in [5.74, 6) is 0.942. The molecule has 0 aliphatic heterocycles. The summed E-state index contributed by atoms with van der Waals surface area (Å²) in [4.78, 5) is 0. The zero-order valence-electron chi connectivity index (χ0n) is 12.7. The van der Waals surface area contributed by atoms with Crippen LogP contribution in [0.2, 0.25) is 0 Å². The zero-order chi connectivity index (χ0) is 14.2. The first kappa shape index (κ1) is 16.0. The molecule has 0 spiro atoms. The SMILES string of the molecule is CCNC(Cc1ccc(Br)cc1)CC1CCCCCC1. The summed E-state index contributed by atoms with van der Waals surface area (Å²) in [5.41, 5.74) is 1.45. The van der Waals surface area contributed by atoms with Crippen molar-refractivity contribution in [3.63, 3.8) is 0 Å². The lowest BCUT2D eigenvalue weighted by Crippen LogP contribution is -2.33. The van der Waals surface area contributed by atoms with E-state index in [-0.39, 0.29) is 0 Å². The van der Waals surface area contributed by atoms with Gasteiger partial charge in [-0.3, -0.25) is 0 Å². The van der Waals surface area contributed by atoms with Crippen molar-refractivity contribution in [2.75, 3.05) is 6.54 Å². The maximum Gasteiger partial charge on any atom is 0.0175 e. The highest BCUT2D eigenvalue weighted by atomic mass is 79.9. The Balaban J connectivity index is 1.90. The molecule has 2 rings (SSSR count). The average Bonchev–Trinajstić information content (AvgIpc) is 2.70. The summed E-state index contributed by atoms with van der Waals surface area (Å²) >= 11 is 3.52. The second-order valence-electron chi connectivity index (χ2n) is 6.18. The molecule has 1 aliphatic rings. The van der Waals surface area contributed by atoms with Crippen LogP contribution in [0.3, 0.4) is 0 Å². The molecule has 112 valence electrons. The first-order valence-corrected chi connectivity index (χ1v) is 9.05. The lowest BCUT2D eigenvalue weighted by molar-refractivity contribution is 0.353. The molecule has 1 aliphatic carbocycles. The molecule has 1 saturated carbocycles. The molecule has 1 unspecified atom stereocenters. The fraction of sp³-hybridized carbons (Fsp3) is 0.667. The van der Waals surface area contributed by atoms with Crippen molar-refractivity contribution in [2.24, 2.45) is 5.92 Å². The number of benzene rings is 1. The van der Waals surface area contributed by atoms with Crippen LogP contribution < -0.4 is 5.32 Å². The predicted octanol–water partition coefficient (Wildman–Crippen LogP) is 5.33. The molecule has 0 heterocycles. The van der Waals surface area contributed by atoms with Gasteiger partial charge in [0.1, 0.15) is 0 Å². The van der Waals surface area contributed by atoms with Crippen molar-refractivity contribution in [1.29, 1.82) is 0 Å². The van der Waals surface area contributed by atoms with Gasteiger partial charge in [0.2, 0.25) is 0 Å². The molecule has 1 aromatic carbocycles. The van der Waals surface area contributed by atoms with E-state index < -0.39 is 0 Å². The fourth-order valence-electron chi connectivity index (χ4n) is 3.43. The minimum atomic E-state index is 0.643. The molecule has 0 amide bonds. The molecule has 1 N–H and O–H groups in total. The number of rotatable bonds is 6. The third-order valence-electron chi connectivity index (χ3n) is 4.48. The van der Waals surface area contributed by atoms with Crippen molar-refractivity contribution in [1.82, 2.24) is 5.32 Å². The van der Waals surface area contributed by atoms with Crippen LogP contribution in [0.5, 0.6) is 0 Å². The van der Waals surface area contributed by atoms with E-state index in [1.807, 2.05) is 0 Å². The zero-order valence-corrected chi connectivity index (χ0v) is 14.3. The van der Waals surface area contributed by atoms with Gasteiger partial charge in [-0.1, -0.05) is 73.5 Å². The Morgan fingerprint density at radius 2 is 1.75 bits per heavy atom. The maximum atomic E-state index is 3.70. The average molecular weight is 338 g/mol. The normalized spacial score (nSPS) is 18.7. The van der Waals surface area contributed by atoms with Crippen molar-refractivity contribution < 1.29 is 0 Å². The van der Waals surface area contributed by atoms with E-state index in [9.17, 15) is 0 Å². The standard InChI is InChI=1S/C18H28BrN/c1-2-20-18(13-15-7-5-3-4-6-8-15)14-16-9-11-17(19)12-10-16/h9-12,15,18,20H,2-8,13-14H2,1H3. The predicted molar refractivity (Wildman–Crippen MR) is 91.1 cm³/mol. The van der Waals surface area contributed by atoms with E-state index in [1.165, 1.54) is 55.0 Å². The summed E-state index contributed by atoms with van der Waals surface area (Å²) in [7, 11) is 0. The monoisotopic (exact) mass is 337 g/mol. The number of hydrogen-bond acceptors (Lipinski definition) is 1. The summed E-state index contributed by atoms with van der Waals surface area (Å²) in [5, 5.41) is 3.70. The quantitative estimate of drug-likeness (QED) is 0.691. The molecule has 0 radical (unpaired) electrons. The van der Waals surface area contributed by atoms with Crippen LogP contribution >= 0.6 is 15.9 Å². The maximum absolute atomic E-state index is 3.70. The van der Waals surface area contributed by atoms with Gasteiger partial charge < -0.3 is 5.32 Å². The second-order valence-corrected chi connectivity index (χ2v) is 7.09. The van der Waals surface area contributed by atoms with Crippen molar-refractivity contribution in [2.45, 2.75) is 64.3 Å². The summed E-state index contributed by atoms with van der Waals surface area (Å²) < 4.78 is 1.17. The van der Waals surface area contributed by atoms with Crippen LogP contribution in [0.4, 0.5) is 0 Å². The Morgan fingerprint density at radius 1 is 1.10 bits per heavy atom. The van der Waals surface area contributed by atoms with Crippen LogP contribution in [0.15, 0.2) is 28.7 Å². The van der Waals surface area contributed by atoms with Crippen LogP contribution in [-0.2, 0) is 6.42 Å². The van der Waals surface area contributed by atoms with Gasteiger partial charge in [-0.15, -0.1) is 0 Å². The third kappa shape index (κ3) is 5.57. The first-order valence-electron chi connectivity index (χ1n) is 8.25. The smallest absolute Gasteiger partial charge is 0.0175 e. The lowest BCUT2D eigenvalue weighted by atomic mass is 9.90. The molecule has 0 bridgehead atoms. The minimum Gasteiger partial charge on any atom is -0.314 e. The molecule has 1 fully saturated rings. The van der Waals surface area contributed by atoms with E-state index >= 15 is 0 Å². The van der Waals surface area contributed by atoms with Crippen molar-refractivity contribution in [3.8, 4) is 0 Å². The Labute approximate surface area is 132 Å². The number of halogens is 1. The minimum absolute atomic E-state index is 0.643. The lowest BCUT2D eigenvalue weighted by Gasteiger charge is -2.23. The Bertz CT molecular complexity index is 366. The Hall–Kier alpha value is -0.340. The highest BCUT2D eigenvalue weighted by Crippen LogP contribution is 2.27. The van der Waals surface area contributed by atoms with E-state index in [1.54, 1.807) is 0 Å². The third-order valence-corrected chi connectivity index (χ3v) is 5.01. The molecule has 1 nitrogen and oxygen atoms in total. The summed E-state index contributed by atoms with van der Waals surface area (Å²) in [6.07, 6.45) is 11.2. The van der Waals surface area contributed by atoms with Crippen LogP contribution in [0.25, 0.3) is 0 Å². The van der Waals surface area contributed by atoms with Gasteiger partial charge in [0.25, 0.3) is 0 Å². The molecule has 0 saturated heterocycles. The topological polar surface area (TPSA) is 12.0 Å². The van der Waals surface area contributed by atoms with Crippen molar-refractivity contribution >= 4 is 15.9 Å². The van der Waals surface area contributed by atoms with Crippen LogP contribution in [0.1, 0.15) is 57.4 Å². The number of likely N-dealkylation sites (N-methyl/N-ethyl adjacent to an activating group) is 1.